The molecule has 1 aromatic rings. The van der Waals surface area contributed by atoms with Gasteiger partial charge in [0.05, 0.1) is 0 Å². The lowest BCUT2D eigenvalue weighted by Crippen LogP contribution is -2.36. The van der Waals surface area contributed by atoms with Crippen molar-refractivity contribution in [2.75, 3.05) is 19.8 Å². The standard InChI is InChI=1S/C14H20FNO/c1-14(6-8-17-9-7-14)11-16-10-12-4-2-3-5-13(12)15/h2-5,16H,6-11H2,1H3. The van der Waals surface area contributed by atoms with Crippen LogP contribution in [0.5, 0.6) is 0 Å². The van der Waals surface area contributed by atoms with Crippen LogP contribution in [0.3, 0.4) is 0 Å². The lowest BCUT2D eigenvalue weighted by atomic mass is 9.82. The summed E-state index contributed by atoms with van der Waals surface area (Å²) in [6.07, 6.45) is 2.16. The first-order chi connectivity index (χ1) is 8.20. The number of benzene rings is 1. The Hall–Kier alpha value is -0.930. The number of rotatable bonds is 4. The Kier molecular flexibility index (Phi) is 4.13. The minimum atomic E-state index is -0.128. The Bertz CT molecular complexity index is 361. The fourth-order valence-electron chi connectivity index (χ4n) is 2.18. The molecule has 1 aliphatic rings. The molecule has 2 nitrogen and oxygen atoms in total. The molecule has 0 radical (unpaired) electrons. The molecule has 0 unspecified atom stereocenters. The lowest BCUT2D eigenvalue weighted by molar-refractivity contribution is 0.0240. The van der Waals surface area contributed by atoms with Crippen LogP contribution in [0.4, 0.5) is 4.39 Å². The zero-order valence-electron chi connectivity index (χ0n) is 10.3. The van der Waals surface area contributed by atoms with Crippen LogP contribution in [0, 0.1) is 11.2 Å². The topological polar surface area (TPSA) is 21.3 Å². The van der Waals surface area contributed by atoms with Crippen molar-refractivity contribution in [1.82, 2.24) is 5.32 Å². The summed E-state index contributed by atoms with van der Waals surface area (Å²) in [5.74, 6) is -0.128. The van der Waals surface area contributed by atoms with Crippen molar-refractivity contribution < 1.29 is 9.13 Å². The van der Waals surface area contributed by atoms with Crippen LogP contribution in [-0.2, 0) is 11.3 Å². The smallest absolute Gasteiger partial charge is 0.127 e. The normalized spacial score (nSPS) is 19.2. The molecule has 17 heavy (non-hydrogen) atoms. The number of hydrogen-bond acceptors (Lipinski definition) is 2. The summed E-state index contributed by atoms with van der Waals surface area (Å²) in [6.45, 7) is 5.48. The Labute approximate surface area is 102 Å². The SMILES string of the molecule is CC1(CNCc2ccccc2F)CCOCC1. The van der Waals surface area contributed by atoms with Gasteiger partial charge in [-0.1, -0.05) is 25.1 Å². The van der Waals surface area contributed by atoms with Gasteiger partial charge in [-0.15, -0.1) is 0 Å². The summed E-state index contributed by atoms with van der Waals surface area (Å²) in [5.41, 5.74) is 1.03. The first-order valence-electron chi connectivity index (χ1n) is 6.22. The number of hydrogen-bond donors (Lipinski definition) is 1. The van der Waals surface area contributed by atoms with E-state index in [4.69, 9.17) is 4.74 Å². The second-order valence-corrected chi connectivity index (χ2v) is 5.12. The van der Waals surface area contributed by atoms with Crippen molar-refractivity contribution in [3.05, 3.63) is 35.6 Å². The maximum atomic E-state index is 13.4. The quantitative estimate of drug-likeness (QED) is 0.869. The average molecular weight is 237 g/mol. The molecule has 3 heteroatoms. The molecule has 1 aromatic carbocycles. The summed E-state index contributed by atoms with van der Waals surface area (Å²) >= 11 is 0. The van der Waals surface area contributed by atoms with Crippen LogP contribution in [0.15, 0.2) is 24.3 Å². The summed E-state index contributed by atoms with van der Waals surface area (Å²) < 4.78 is 18.8. The molecule has 1 heterocycles. The number of nitrogens with one attached hydrogen (secondary N) is 1. The van der Waals surface area contributed by atoms with E-state index in [0.29, 0.717) is 12.0 Å². The van der Waals surface area contributed by atoms with Gasteiger partial charge >= 0.3 is 0 Å². The van der Waals surface area contributed by atoms with Gasteiger partial charge in [0, 0.05) is 31.9 Å². The predicted molar refractivity (Wildman–Crippen MR) is 66.3 cm³/mol. The van der Waals surface area contributed by atoms with Crippen LogP contribution < -0.4 is 5.32 Å². The van der Waals surface area contributed by atoms with Crippen molar-refractivity contribution in [2.45, 2.75) is 26.3 Å². The van der Waals surface area contributed by atoms with Crippen LogP contribution in [0.2, 0.25) is 0 Å². The van der Waals surface area contributed by atoms with Gasteiger partial charge in [-0.25, -0.2) is 4.39 Å². The summed E-state index contributed by atoms with van der Waals surface area (Å²) in [7, 11) is 0. The van der Waals surface area contributed by atoms with Gasteiger partial charge in [0.1, 0.15) is 5.82 Å². The number of ether oxygens (including phenoxy) is 1. The minimum absolute atomic E-state index is 0.128. The van der Waals surface area contributed by atoms with Gasteiger partial charge in [-0.2, -0.15) is 0 Å². The molecule has 0 aliphatic carbocycles. The summed E-state index contributed by atoms with van der Waals surface area (Å²) in [6, 6.07) is 6.93. The highest BCUT2D eigenvalue weighted by atomic mass is 19.1. The van der Waals surface area contributed by atoms with Crippen molar-refractivity contribution >= 4 is 0 Å². The van der Waals surface area contributed by atoms with E-state index >= 15 is 0 Å². The maximum Gasteiger partial charge on any atom is 0.127 e. The predicted octanol–water partition coefficient (Wildman–Crippen LogP) is 2.73. The third kappa shape index (κ3) is 3.51. The van der Waals surface area contributed by atoms with Crippen molar-refractivity contribution in [2.24, 2.45) is 5.41 Å². The van der Waals surface area contributed by atoms with E-state index in [0.717, 1.165) is 38.2 Å². The third-order valence-electron chi connectivity index (χ3n) is 3.52. The Morgan fingerprint density at radius 1 is 1.29 bits per heavy atom. The monoisotopic (exact) mass is 237 g/mol. The first kappa shape index (κ1) is 12.5. The average Bonchev–Trinajstić information content (AvgIpc) is 2.32. The highest BCUT2D eigenvalue weighted by Gasteiger charge is 2.26. The van der Waals surface area contributed by atoms with Gasteiger partial charge in [0.2, 0.25) is 0 Å². The van der Waals surface area contributed by atoms with Crippen LogP contribution >= 0.6 is 0 Å². The van der Waals surface area contributed by atoms with Crippen molar-refractivity contribution in [3.63, 3.8) is 0 Å². The molecule has 1 aliphatic heterocycles. The maximum absolute atomic E-state index is 13.4. The van der Waals surface area contributed by atoms with Crippen molar-refractivity contribution in [1.29, 1.82) is 0 Å². The molecule has 0 atom stereocenters. The van der Waals surface area contributed by atoms with Crippen LogP contribution in [0.25, 0.3) is 0 Å². The van der Waals surface area contributed by atoms with E-state index in [9.17, 15) is 4.39 Å². The molecule has 0 bridgehead atoms. The Morgan fingerprint density at radius 2 is 2.00 bits per heavy atom. The zero-order valence-corrected chi connectivity index (χ0v) is 10.3. The van der Waals surface area contributed by atoms with Crippen LogP contribution in [-0.4, -0.2) is 19.8 Å². The second-order valence-electron chi connectivity index (χ2n) is 5.12. The van der Waals surface area contributed by atoms with E-state index in [1.54, 1.807) is 6.07 Å². The van der Waals surface area contributed by atoms with E-state index in [2.05, 4.69) is 12.2 Å². The zero-order chi connectivity index (χ0) is 12.1. The molecule has 0 amide bonds. The summed E-state index contributed by atoms with van der Waals surface area (Å²) in [4.78, 5) is 0. The van der Waals surface area contributed by atoms with Gasteiger partial charge < -0.3 is 10.1 Å². The third-order valence-corrected chi connectivity index (χ3v) is 3.52. The largest absolute Gasteiger partial charge is 0.381 e. The van der Waals surface area contributed by atoms with Crippen molar-refractivity contribution in [3.8, 4) is 0 Å². The minimum Gasteiger partial charge on any atom is -0.381 e. The molecular formula is C14H20FNO. The molecule has 2 rings (SSSR count). The van der Waals surface area contributed by atoms with Crippen LogP contribution in [0.1, 0.15) is 25.3 Å². The molecule has 0 spiro atoms. The molecule has 94 valence electrons. The summed E-state index contributed by atoms with van der Waals surface area (Å²) in [5, 5.41) is 3.36. The molecule has 1 saturated heterocycles. The Balaban J connectivity index is 1.81. The van der Waals surface area contributed by atoms with Gasteiger partial charge in [0.25, 0.3) is 0 Å². The molecule has 0 aromatic heterocycles. The highest BCUT2D eigenvalue weighted by molar-refractivity contribution is 5.16. The van der Waals surface area contributed by atoms with E-state index in [1.165, 1.54) is 6.07 Å². The van der Waals surface area contributed by atoms with E-state index < -0.39 is 0 Å². The molecule has 1 fully saturated rings. The van der Waals surface area contributed by atoms with E-state index in [1.807, 2.05) is 12.1 Å². The number of halogens is 1. The first-order valence-corrected chi connectivity index (χ1v) is 6.22. The molecular weight excluding hydrogens is 217 g/mol. The second kappa shape index (κ2) is 5.61. The molecule has 1 N–H and O–H groups in total. The van der Waals surface area contributed by atoms with E-state index in [-0.39, 0.29) is 5.82 Å². The Morgan fingerprint density at radius 3 is 2.71 bits per heavy atom. The highest BCUT2D eigenvalue weighted by Crippen LogP contribution is 2.28. The fraction of sp³-hybridized carbons (Fsp3) is 0.571. The van der Waals surface area contributed by atoms with Gasteiger partial charge in [-0.3, -0.25) is 0 Å². The lowest BCUT2D eigenvalue weighted by Gasteiger charge is -2.33. The fourth-order valence-corrected chi connectivity index (χ4v) is 2.18. The van der Waals surface area contributed by atoms with Gasteiger partial charge in [0.15, 0.2) is 0 Å². The molecule has 0 saturated carbocycles. The van der Waals surface area contributed by atoms with Gasteiger partial charge in [-0.05, 0) is 24.3 Å².